The number of ether oxygens (including phenoxy) is 2. The van der Waals surface area contributed by atoms with Gasteiger partial charge >= 0.3 is 0 Å². The third kappa shape index (κ3) is 4.58. The largest absolute Gasteiger partial charge is 0.395 e. The minimum atomic E-state index is -0.528. The van der Waals surface area contributed by atoms with Crippen molar-refractivity contribution >= 4 is 11.7 Å². The lowest BCUT2D eigenvalue weighted by Gasteiger charge is -2.34. The SMILES string of the molecule is CC1(C)OCC(CON=C2CN(c3ncc(-c4cccc(CO)c4F)cn3)C2)CO1. The number of hydrogen-bond acceptors (Lipinski definition) is 8. The molecule has 1 N–H and O–H groups in total. The summed E-state index contributed by atoms with van der Waals surface area (Å²) in [6.07, 6.45) is 3.16. The Morgan fingerprint density at radius 2 is 1.93 bits per heavy atom. The van der Waals surface area contributed by atoms with E-state index in [4.69, 9.17) is 14.3 Å². The Bertz CT molecular complexity index is 902. The Morgan fingerprint density at radius 1 is 1.23 bits per heavy atom. The molecule has 8 nitrogen and oxygen atoms in total. The van der Waals surface area contributed by atoms with Gasteiger partial charge in [-0.25, -0.2) is 14.4 Å². The van der Waals surface area contributed by atoms with Crippen LogP contribution in [0.4, 0.5) is 10.3 Å². The maximum absolute atomic E-state index is 14.4. The van der Waals surface area contributed by atoms with Crippen LogP contribution in [0.3, 0.4) is 0 Å². The quantitative estimate of drug-likeness (QED) is 0.723. The number of benzene rings is 1. The molecule has 0 spiro atoms. The highest BCUT2D eigenvalue weighted by molar-refractivity contribution is 5.98. The van der Waals surface area contributed by atoms with Crippen LogP contribution in [0.1, 0.15) is 19.4 Å². The maximum Gasteiger partial charge on any atom is 0.225 e. The summed E-state index contributed by atoms with van der Waals surface area (Å²) in [6, 6.07) is 4.89. The molecule has 0 unspecified atom stereocenters. The van der Waals surface area contributed by atoms with Crippen LogP contribution in [0.5, 0.6) is 0 Å². The predicted octanol–water partition coefficient (Wildman–Crippen LogP) is 2.37. The summed E-state index contributed by atoms with van der Waals surface area (Å²) < 4.78 is 25.6. The number of aliphatic hydroxyl groups excluding tert-OH is 1. The first-order chi connectivity index (χ1) is 14.4. The summed E-state index contributed by atoms with van der Waals surface area (Å²) in [4.78, 5) is 16.1. The fraction of sp³-hybridized carbons (Fsp3) is 0.476. The molecular weight excluding hydrogens is 391 g/mol. The summed E-state index contributed by atoms with van der Waals surface area (Å²) in [6.45, 7) is 6.22. The van der Waals surface area contributed by atoms with Gasteiger partial charge in [-0.1, -0.05) is 23.4 Å². The standard InChI is InChI=1S/C21H25FN4O4/c1-21(2)28-11-14(12-29-21)13-30-25-17-8-26(9-17)20-23-6-16(7-24-20)18-5-3-4-15(10-27)19(18)22/h3-7,14,27H,8-13H2,1-2H3. The molecule has 9 heteroatoms. The molecule has 2 fully saturated rings. The van der Waals surface area contributed by atoms with Gasteiger partial charge in [0.15, 0.2) is 5.79 Å². The summed E-state index contributed by atoms with van der Waals surface area (Å²) in [5, 5.41) is 13.4. The van der Waals surface area contributed by atoms with Crippen molar-refractivity contribution in [3.63, 3.8) is 0 Å². The van der Waals surface area contributed by atoms with Crippen molar-refractivity contribution in [2.24, 2.45) is 11.1 Å². The van der Waals surface area contributed by atoms with E-state index in [1.54, 1.807) is 30.6 Å². The minimum absolute atomic E-state index is 0.166. The molecule has 2 aliphatic heterocycles. The zero-order valence-electron chi connectivity index (χ0n) is 17.0. The van der Waals surface area contributed by atoms with Crippen molar-refractivity contribution < 1.29 is 23.8 Å². The number of aromatic nitrogens is 2. The number of aliphatic hydroxyl groups is 1. The molecule has 0 radical (unpaired) electrons. The van der Waals surface area contributed by atoms with Crippen LogP contribution in [0.2, 0.25) is 0 Å². The maximum atomic E-state index is 14.4. The molecule has 2 aliphatic rings. The number of anilines is 1. The van der Waals surface area contributed by atoms with Gasteiger partial charge < -0.3 is 24.3 Å². The van der Waals surface area contributed by atoms with Crippen LogP contribution < -0.4 is 4.90 Å². The molecule has 0 amide bonds. The molecule has 0 saturated carbocycles. The second kappa shape index (κ2) is 8.63. The summed E-state index contributed by atoms with van der Waals surface area (Å²) in [5.74, 6) is -0.268. The highest BCUT2D eigenvalue weighted by atomic mass is 19.1. The molecule has 160 valence electrons. The van der Waals surface area contributed by atoms with E-state index in [0.29, 0.717) is 50.0 Å². The van der Waals surface area contributed by atoms with Crippen molar-refractivity contribution in [1.29, 1.82) is 0 Å². The normalized spacial score (nSPS) is 18.8. The van der Waals surface area contributed by atoms with Gasteiger partial charge in [-0.05, 0) is 13.8 Å². The van der Waals surface area contributed by atoms with Gasteiger partial charge in [-0.15, -0.1) is 0 Å². The van der Waals surface area contributed by atoms with Crippen LogP contribution in [-0.4, -0.2) is 59.5 Å². The van der Waals surface area contributed by atoms with Crippen LogP contribution in [-0.2, 0) is 20.9 Å². The molecule has 1 aromatic heterocycles. The van der Waals surface area contributed by atoms with Gasteiger partial charge in [0.1, 0.15) is 12.4 Å². The molecule has 4 rings (SSSR count). The third-order valence-electron chi connectivity index (χ3n) is 5.07. The molecule has 2 aromatic rings. The van der Waals surface area contributed by atoms with Crippen molar-refractivity contribution in [2.45, 2.75) is 26.2 Å². The molecule has 1 aromatic carbocycles. The molecule has 0 bridgehead atoms. The second-order valence-electron chi connectivity index (χ2n) is 7.91. The zero-order chi connectivity index (χ0) is 21.1. The van der Waals surface area contributed by atoms with E-state index < -0.39 is 11.6 Å². The summed E-state index contributed by atoms with van der Waals surface area (Å²) in [7, 11) is 0. The highest BCUT2D eigenvalue weighted by Crippen LogP contribution is 2.25. The van der Waals surface area contributed by atoms with Crippen LogP contribution in [0.25, 0.3) is 11.1 Å². The zero-order valence-corrected chi connectivity index (χ0v) is 17.0. The van der Waals surface area contributed by atoms with Gasteiger partial charge in [0.2, 0.25) is 5.95 Å². The van der Waals surface area contributed by atoms with Crippen molar-refractivity contribution in [1.82, 2.24) is 9.97 Å². The molecule has 3 heterocycles. The van der Waals surface area contributed by atoms with Crippen molar-refractivity contribution in [3.8, 4) is 11.1 Å². The number of halogens is 1. The Morgan fingerprint density at radius 3 is 2.60 bits per heavy atom. The fourth-order valence-corrected chi connectivity index (χ4v) is 3.20. The third-order valence-corrected chi connectivity index (χ3v) is 5.07. The Labute approximate surface area is 174 Å². The first-order valence-electron chi connectivity index (χ1n) is 9.86. The van der Waals surface area contributed by atoms with E-state index in [0.717, 1.165) is 5.71 Å². The van der Waals surface area contributed by atoms with E-state index in [1.165, 1.54) is 0 Å². The summed E-state index contributed by atoms with van der Waals surface area (Å²) in [5.41, 5.74) is 2.08. The van der Waals surface area contributed by atoms with E-state index in [1.807, 2.05) is 18.7 Å². The fourth-order valence-electron chi connectivity index (χ4n) is 3.20. The van der Waals surface area contributed by atoms with E-state index in [9.17, 15) is 9.50 Å². The van der Waals surface area contributed by atoms with Crippen molar-refractivity contribution in [3.05, 3.63) is 42.0 Å². The van der Waals surface area contributed by atoms with E-state index in [2.05, 4.69) is 15.1 Å². The van der Waals surface area contributed by atoms with Gasteiger partial charge in [-0.2, -0.15) is 0 Å². The van der Waals surface area contributed by atoms with Gasteiger partial charge in [-0.3, -0.25) is 0 Å². The summed E-state index contributed by atoms with van der Waals surface area (Å²) >= 11 is 0. The van der Waals surface area contributed by atoms with Gasteiger partial charge in [0.25, 0.3) is 0 Å². The lowest BCUT2D eigenvalue weighted by Crippen LogP contribution is -2.48. The Hall–Kier alpha value is -2.62. The molecular formula is C21H25FN4O4. The number of hydrogen-bond donors (Lipinski definition) is 1. The molecule has 30 heavy (non-hydrogen) atoms. The Balaban J connectivity index is 1.27. The Kier molecular flexibility index (Phi) is 5.94. The second-order valence-corrected chi connectivity index (χ2v) is 7.91. The first kappa shape index (κ1) is 20.6. The molecule has 2 saturated heterocycles. The molecule has 0 atom stereocenters. The molecule has 0 aliphatic carbocycles. The minimum Gasteiger partial charge on any atom is -0.395 e. The monoisotopic (exact) mass is 416 g/mol. The first-order valence-corrected chi connectivity index (χ1v) is 9.86. The van der Waals surface area contributed by atoms with Crippen LogP contribution >= 0.6 is 0 Å². The number of rotatable bonds is 6. The number of nitrogens with zero attached hydrogens (tertiary/aromatic N) is 4. The number of oxime groups is 1. The van der Waals surface area contributed by atoms with E-state index in [-0.39, 0.29) is 18.1 Å². The van der Waals surface area contributed by atoms with Gasteiger partial charge in [0.05, 0.1) is 38.6 Å². The average Bonchev–Trinajstić information content (AvgIpc) is 2.71. The lowest BCUT2D eigenvalue weighted by atomic mass is 10.1. The van der Waals surface area contributed by atoms with Crippen LogP contribution in [0, 0.1) is 11.7 Å². The topological polar surface area (TPSA) is 89.3 Å². The van der Waals surface area contributed by atoms with Crippen LogP contribution in [0.15, 0.2) is 35.7 Å². The average molecular weight is 416 g/mol. The smallest absolute Gasteiger partial charge is 0.225 e. The van der Waals surface area contributed by atoms with Crippen molar-refractivity contribution in [2.75, 3.05) is 37.8 Å². The highest BCUT2D eigenvalue weighted by Gasteiger charge is 2.29. The predicted molar refractivity (Wildman–Crippen MR) is 108 cm³/mol. The van der Waals surface area contributed by atoms with Gasteiger partial charge in [0, 0.05) is 35.0 Å². The van der Waals surface area contributed by atoms with E-state index >= 15 is 0 Å². The lowest BCUT2D eigenvalue weighted by molar-refractivity contribution is -0.266.